The Balaban J connectivity index is 2.27. The van der Waals surface area contributed by atoms with E-state index in [9.17, 15) is 4.79 Å². The zero-order chi connectivity index (χ0) is 10.2. The first kappa shape index (κ1) is 9.93. The molecule has 1 heterocycles. The van der Waals surface area contributed by atoms with Gasteiger partial charge in [0, 0.05) is 18.6 Å². The highest BCUT2D eigenvalue weighted by atomic mass is 16.5. The number of carbonyl (C=O) groups is 1. The third-order valence-corrected chi connectivity index (χ3v) is 4.06. The van der Waals surface area contributed by atoms with Gasteiger partial charge in [-0.05, 0) is 25.7 Å². The molecule has 0 aromatic rings. The lowest BCUT2D eigenvalue weighted by Gasteiger charge is -2.43. The van der Waals surface area contributed by atoms with Gasteiger partial charge in [-0.15, -0.1) is 0 Å². The Bertz CT molecular complexity index is 249. The van der Waals surface area contributed by atoms with Crippen LogP contribution in [0, 0.1) is 5.41 Å². The van der Waals surface area contributed by atoms with E-state index in [1.165, 1.54) is 0 Å². The van der Waals surface area contributed by atoms with Crippen molar-refractivity contribution in [1.29, 1.82) is 0 Å². The highest BCUT2D eigenvalue weighted by molar-refractivity contribution is 5.86. The number of primary amides is 1. The fraction of sp³-hybridized carbons (Fsp3) is 0.900. The van der Waals surface area contributed by atoms with Crippen LogP contribution in [-0.2, 0) is 9.53 Å². The molecule has 2 fully saturated rings. The van der Waals surface area contributed by atoms with Gasteiger partial charge in [-0.25, -0.2) is 0 Å². The number of nitrogens with two attached hydrogens (primary N) is 2. The number of hydrogen-bond acceptors (Lipinski definition) is 3. The van der Waals surface area contributed by atoms with Crippen molar-refractivity contribution in [2.75, 3.05) is 13.2 Å². The molecule has 2 aliphatic rings. The summed E-state index contributed by atoms with van der Waals surface area (Å²) in [5.74, 6) is -0.336. The van der Waals surface area contributed by atoms with Crippen molar-refractivity contribution in [3.8, 4) is 0 Å². The summed E-state index contributed by atoms with van der Waals surface area (Å²) in [6.45, 7) is 1.43. The summed E-state index contributed by atoms with van der Waals surface area (Å²) < 4.78 is 5.32. The van der Waals surface area contributed by atoms with Crippen molar-refractivity contribution in [3.05, 3.63) is 0 Å². The van der Waals surface area contributed by atoms with Crippen LogP contribution < -0.4 is 11.5 Å². The molecule has 1 atom stereocenters. The quantitative estimate of drug-likeness (QED) is 0.629. The molecule has 0 bridgehead atoms. The fourth-order valence-corrected chi connectivity index (χ4v) is 3.04. The van der Waals surface area contributed by atoms with E-state index in [4.69, 9.17) is 16.2 Å². The monoisotopic (exact) mass is 198 g/mol. The van der Waals surface area contributed by atoms with E-state index in [2.05, 4.69) is 0 Å². The number of ether oxygens (including phenoxy) is 1. The topological polar surface area (TPSA) is 78.3 Å². The second-order valence-corrected chi connectivity index (χ2v) is 4.58. The fourth-order valence-electron chi connectivity index (χ4n) is 3.04. The van der Waals surface area contributed by atoms with Crippen LogP contribution in [0.5, 0.6) is 0 Å². The van der Waals surface area contributed by atoms with Crippen LogP contribution in [0.25, 0.3) is 0 Å². The van der Waals surface area contributed by atoms with Crippen molar-refractivity contribution in [2.45, 2.75) is 37.6 Å². The third kappa shape index (κ3) is 1.17. The van der Waals surface area contributed by atoms with Crippen LogP contribution in [0.2, 0.25) is 0 Å². The van der Waals surface area contributed by atoms with Gasteiger partial charge in [0.15, 0.2) is 0 Å². The first-order valence-electron chi connectivity index (χ1n) is 5.27. The molecule has 1 unspecified atom stereocenters. The Morgan fingerprint density at radius 2 is 1.79 bits per heavy atom. The molecule has 2 rings (SSSR count). The van der Waals surface area contributed by atoms with E-state index in [-0.39, 0.29) is 11.3 Å². The maximum atomic E-state index is 11.5. The molecular weight excluding hydrogens is 180 g/mol. The summed E-state index contributed by atoms with van der Waals surface area (Å²) in [6, 6.07) is 0. The van der Waals surface area contributed by atoms with Crippen molar-refractivity contribution in [2.24, 2.45) is 16.9 Å². The SMILES string of the molecule is NC(=O)C1(N)CCCC12CCOCC2. The van der Waals surface area contributed by atoms with Crippen molar-refractivity contribution in [1.82, 2.24) is 0 Å². The molecule has 1 saturated carbocycles. The minimum atomic E-state index is -0.781. The minimum Gasteiger partial charge on any atom is -0.381 e. The van der Waals surface area contributed by atoms with E-state index in [0.29, 0.717) is 13.2 Å². The Kier molecular flexibility index (Phi) is 2.27. The zero-order valence-corrected chi connectivity index (χ0v) is 8.42. The lowest BCUT2D eigenvalue weighted by atomic mass is 9.67. The standard InChI is InChI=1S/C10H18N2O2/c11-8(13)10(12)3-1-2-9(10)4-6-14-7-5-9/h1-7,12H2,(H2,11,13). The Morgan fingerprint density at radius 3 is 2.36 bits per heavy atom. The van der Waals surface area contributed by atoms with E-state index in [1.54, 1.807) is 0 Å². The molecule has 1 saturated heterocycles. The number of hydrogen-bond donors (Lipinski definition) is 2. The van der Waals surface area contributed by atoms with Crippen LogP contribution in [0.15, 0.2) is 0 Å². The second-order valence-electron chi connectivity index (χ2n) is 4.58. The average Bonchev–Trinajstić information content (AvgIpc) is 2.47. The maximum absolute atomic E-state index is 11.5. The van der Waals surface area contributed by atoms with Gasteiger partial charge in [0.05, 0.1) is 0 Å². The first-order valence-corrected chi connectivity index (χ1v) is 5.27. The van der Waals surface area contributed by atoms with Gasteiger partial charge in [0.2, 0.25) is 5.91 Å². The van der Waals surface area contributed by atoms with E-state index < -0.39 is 5.54 Å². The summed E-state index contributed by atoms with van der Waals surface area (Å²) in [4.78, 5) is 11.5. The van der Waals surface area contributed by atoms with Gasteiger partial charge in [-0.3, -0.25) is 4.79 Å². The molecule has 14 heavy (non-hydrogen) atoms. The summed E-state index contributed by atoms with van der Waals surface area (Å²) in [5.41, 5.74) is 10.8. The van der Waals surface area contributed by atoms with Crippen LogP contribution in [0.3, 0.4) is 0 Å². The molecule has 1 aliphatic heterocycles. The molecule has 4 nitrogen and oxygen atoms in total. The molecule has 1 amide bonds. The number of rotatable bonds is 1. The second kappa shape index (κ2) is 3.21. The molecule has 0 radical (unpaired) electrons. The van der Waals surface area contributed by atoms with Gasteiger partial charge >= 0.3 is 0 Å². The molecule has 4 N–H and O–H groups in total. The smallest absolute Gasteiger partial charge is 0.238 e. The lowest BCUT2D eigenvalue weighted by Crippen LogP contribution is -2.61. The van der Waals surface area contributed by atoms with Crippen molar-refractivity contribution < 1.29 is 9.53 Å². The first-order chi connectivity index (χ1) is 6.61. The lowest BCUT2D eigenvalue weighted by molar-refractivity contribution is -0.130. The van der Waals surface area contributed by atoms with E-state index in [0.717, 1.165) is 32.1 Å². The summed E-state index contributed by atoms with van der Waals surface area (Å²) >= 11 is 0. The predicted molar refractivity (Wildman–Crippen MR) is 52.4 cm³/mol. The molecule has 0 aromatic heterocycles. The zero-order valence-electron chi connectivity index (χ0n) is 8.42. The molecule has 0 aromatic carbocycles. The molecular formula is C10H18N2O2. The van der Waals surface area contributed by atoms with Gasteiger partial charge < -0.3 is 16.2 Å². The van der Waals surface area contributed by atoms with E-state index in [1.807, 2.05) is 0 Å². The summed E-state index contributed by atoms with van der Waals surface area (Å²) in [6.07, 6.45) is 4.54. The molecule has 1 spiro atoms. The minimum absolute atomic E-state index is 0.0723. The molecule has 1 aliphatic carbocycles. The largest absolute Gasteiger partial charge is 0.381 e. The van der Waals surface area contributed by atoms with Crippen molar-refractivity contribution in [3.63, 3.8) is 0 Å². The summed E-state index contributed by atoms with van der Waals surface area (Å²) in [7, 11) is 0. The molecule has 4 heteroatoms. The highest BCUT2D eigenvalue weighted by Gasteiger charge is 2.56. The average molecular weight is 198 g/mol. The van der Waals surface area contributed by atoms with Crippen molar-refractivity contribution >= 4 is 5.91 Å². The van der Waals surface area contributed by atoms with Crippen LogP contribution in [0.1, 0.15) is 32.1 Å². The van der Waals surface area contributed by atoms with Crippen LogP contribution >= 0.6 is 0 Å². The highest BCUT2D eigenvalue weighted by Crippen LogP contribution is 2.51. The third-order valence-electron chi connectivity index (χ3n) is 4.06. The van der Waals surface area contributed by atoms with Gasteiger partial charge in [0.25, 0.3) is 0 Å². The Labute approximate surface area is 84.0 Å². The predicted octanol–water partition coefficient (Wildman–Crippen LogP) is 0.150. The van der Waals surface area contributed by atoms with E-state index >= 15 is 0 Å². The summed E-state index contributed by atoms with van der Waals surface area (Å²) in [5, 5.41) is 0. The molecule has 80 valence electrons. The normalized spacial score (nSPS) is 36.1. The number of carbonyl (C=O) groups excluding carboxylic acids is 1. The van der Waals surface area contributed by atoms with Gasteiger partial charge in [-0.1, -0.05) is 6.42 Å². The van der Waals surface area contributed by atoms with Crippen LogP contribution in [0.4, 0.5) is 0 Å². The van der Waals surface area contributed by atoms with Gasteiger partial charge in [-0.2, -0.15) is 0 Å². The Morgan fingerprint density at radius 1 is 1.14 bits per heavy atom. The maximum Gasteiger partial charge on any atom is 0.238 e. The Hall–Kier alpha value is -0.610. The number of amides is 1. The van der Waals surface area contributed by atoms with Crippen LogP contribution in [-0.4, -0.2) is 24.7 Å². The van der Waals surface area contributed by atoms with Gasteiger partial charge in [0.1, 0.15) is 5.54 Å².